The number of aromatic nitrogens is 5. The summed E-state index contributed by atoms with van der Waals surface area (Å²) in [5, 5.41) is 5.08. The van der Waals surface area contributed by atoms with E-state index in [1.54, 1.807) is 23.0 Å². The number of hydrogen-bond donors (Lipinski definition) is 2. The summed E-state index contributed by atoms with van der Waals surface area (Å²) in [6.07, 6.45) is 1.68. The molecule has 4 aromatic rings. The van der Waals surface area contributed by atoms with Crippen molar-refractivity contribution < 1.29 is 4.39 Å². The molecule has 1 aromatic carbocycles. The number of hydrogen-bond acceptors (Lipinski definition) is 6. The maximum Gasteiger partial charge on any atom is 0.184 e. The second-order valence-corrected chi connectivity index (χ2v) is 5.50. The van der Waals surface area contributed by atoms with Crippen LogP contribution in [0, 0.1) is 5.82 Å². The molecule has 0 radical (unpaired) electrons. The molecule has 4 N–H and O–H groups in total. The minimum atomic E-state index is -0.385. The zero-order valence-corrected chi connectivity index (χ0v) is 13.1. The highest BCUT2D eigenvalue weighted by atomic mass is 19.1. The summed E-state index contributed by atoms with van der Waals surface area (Å²) in [6.45, 7) is 0.316. The van der Waals surface area contributed by atoms with Crippen LogP contribution in [0.5, 0.6) is 0 Å². The Kier molecular flexibility index (Phi) is 3.50. The molecule has 0 atom stereocenters. The third-order valence-electron chi connectivity index (χ3n) is 3.74. The minimum absolute atomic E-state index is 0.228. The molecular weight excluding hydrogens is 321 g/mol. The zero-order valence-electron chi connectivity index (χ0n) is 13.1. The topological polar surface area (TPSA) is 109 Å². The fourth-order valence-corrected chi connectivity index (χ4v) is 2.71. The van der Waals surface area contributed by atoms with Gasteiger partial charge in [-0.2, -0.15) is 5.10 Å². The van der Waals surface area contributed by atoms with E-state index in [4.69, 9.17) is 11.5 Å². The van der Waals surface area contributed by atoms with Gasteiger partial charge in [0.2, 0.25) is 0 Å². The lowest BCUT2D eigenvalue weighted by molar-refractivity contribution is 0.614. The fourth-order valence-electron chi connectivity index (χ4n) is 2.71. The lowest BCUT2D eigenvalue weighted by atomic mass is 10.2. The molecule has 0 fully saturated rings. The number of rotatable bonds is 3. The molecule has 4 rings (SSSR count). The van der Waals surface area contributed by atoms with Gasteiger partial charge in [0, 0.05) is 17.6 Å². The molecule has 0 aliphatic heterocycles. The summed E-state index contributed by atoms with van der Waals surface area (Å²) in [4.78, 5) is 12.6. The van der Waals surface area contributed by atoms with Gasteiger partial charge < -0.3 is 11.5 Å². The number of pyridine rings is 1. The van der Waals surface area contributed by atoms with Gasteiger partial charge in [0.05, 0.1) is 12.2 Å². The Hall–Kier alpha value is -3.55. The highest BCUT2D eigenvalue weighted by Gasteiger charge is 2.18. The Morgan fingerprint density at radius 3 is 2.52 bits per heavy atom. The Balaban J connectivity index is 1.92. The first kappa shape index (κ1) is 15.0. The summed E-state index contributed by atoms with van der Waals surface area (Å²) in [5.74, 6) is 0.328. The van der Waals surface area contributed by atoms with Crippen LogP contribution in [-0.2, 0) is 6.54 Å². The average molecular weight is 335 g/mol. The van der Waals surface area contributed by atoms with Crippen molar-refractivity contribution in [3.05, 3.63) is 60.2 Å². The number of halogens is 1. The Bertz CT molecular complexity index is 1040. The smallest absolute Gasteiger partial charge is 0.184 e. The number of fused-ring (bicyclic) bond motifs is 1. The van der Waals surface area contributed by atoms with Gasteiger partial charge in [0.1, 0.15) is 28.7 Å². The van der Waals surface area contributed by atoms with E-state index in [0.717, 1.165) is 5.69 Å². The van der Waals surface area contributed by atoms with Gasteiger partial charge in [-0.15, -0.1) is 0 Å². The summed E-state index contributed by atoms with van der Waals surface area (Å²) in [5.41, 5.74) is 13.0. The lowest BCUT2D eigenvalue weighted by Gasteiger charge is -2.03. The number of nitrogens with two attached hydrogens (primary N) is 2. The van der Waals surface area contributed by atoms with Crippen molar-refractivity contribution in [1.29, 1.82) is 0 Å². The first-order valence-corrected chi connectivity index (χ1v) is 7.57. The molecule has 25 heavy (non-hydrogen) atoms. The van der Waals surface area contributed by atoms with E-state index in [1.165, 1.54) is 12.1 Å². The molecule has 3 aromatic heterocycles. The first-order valence-electron chi connectivity index (χ1n) is 7.57. The number of para-hydroxylation sites is 1. The summed E-state index contributed by atoms with van der Waals surface area (Å²) in [7, 11) is 0. The maximum absolute atomic E-state index is 14.5. The van der Waals surface area contributed by atoms with Crippen molar-refractivity contribution >= 4 is 22.5 Å². The van der Waals surface area contributed by atoms with E-state index in [-0.39, 0.29) is 23.3 Å². The molecular formula is C17H14FN7. The standard InChI is InChI=1S/C17H14FN7/c18-12-6-3-5-11-15(17-22-13(19)8-14(20)23-17)24-25(16(11)12)9-10-4-1-2-7-21-10/h1-8H,9H2,(H4,19,20,22,23). The fraction of sp³-hybridized carbons (Fsp3) is 0.0588. The molecule has 0 aliphatic rings. The largest absolute Gasteiger partial charge is 0.384 e. The highest BCUT2D eigenvalue weighted by molar-refractivity contribution is 5.92. The van der Waals surface area contributed by atoms with Crippen molar-refractivity contribution in [2.24, 2.45) is 0 Å². The van der Waals surface area contributed by atoms with Gasteiger partial charge in [-0.1, -0.05) is 18.2 Å². The molecule has 0 saturated carbocycles. The van der Waals surface area contributed by atoms with Crippen molar-refractivity contribution in [2.45, 2.75) is 6.54 Å². The first-order chi connectivity index (χ1) is 12.1. The maximum atomic E-state index is 14.5. The molecule has 8 heteroatoms. The predicted molar refractivity (Wildman–Crippen MR) is 92.9 cm³/mol. The molecule has 0 saturated heterocycles. The SMILES string of the molecule is Nc1cc(N)nc(-c2nn(Cc3ccccn3)c3c(F)cccc23)n1. The monoisotopic (exact) mass is 335 g/mol. The predicted octanol–water partition coefficient (Wildman–Crippen LogP) is 2.24. The second-order valence-electron chi connectivity index (χ2n) is 5.50. The normalized spacial score (nSPS) is 11.1. The van der Waals surface area contributed by atoms with E-state index < -0.39 is 0 Å². The van der Waals surface area contributed by atoms with Gasteiger partial charge >= 0.3 is 0 Å². The number of nitrogens with zero attached hydrogens (tertiary/aromatic N) is 5. The second kappa shape index (κ2) is 5.82. The van der Waals surface area contributed by atoms with Crippen LogP contribution in [0.15, 0.2) is 48.7 Å². The summed E-state index contributed by atoms with van der Waals surface area (Å²) >= 11 is 0. The van der Waals surface area contributed by atoms with Crippen LogP contribution < -0.4 is 11.5 Å². The average Bonchev–Trinajstić information content (AvgIpc) is 2.95. The quantitative estimate of drug-likeness (QED) is 0.594. The molecule has 0 amide bonds. The molecule has 0 unspecified atom stereocenters. The van der Waals surface area contributed by atoms with Gasteiger partial charge in [-0.3, -0.25) is 9.67 Å². The van der Waals surface area contributed by atoms with Crippen LogP contribution in [0.25, 0.3) is 22.4 Å². The Morgan fingerprint density at radius 1 is 1.00 bits per heavy atom. The molecule has 3 heterocycles. The van der Waals surface area contributed by atoms with Crippen LogP contribution >= 0.6 is 0 Å². The van der Waals surface area contributed by atoms with Crippen LogP contribution in [0.2, 0.25) is 0 Å². The van der Waals surface area contributed by atoms with E-state index >= 15 is 0 Å². The molecule has 124 valence electrons. The molecule has 0 aliphatic carbocycles. The van der Waals surface area contributed by atoms with E-state index in [2.05, 4.69) is 20.1 Å². The Labute approximate surface area is 142 Å². The third-order valence-corrected chi connectivity index (χ3v) is 3.74. The zero-order chi connectivity index (χ0) is 17.4. The third kappa shape index (κ3) is 2.74. The van der Waals surface area contributed by atoms with Gasteiger partial charge in [0.25, 0.3) is 0 Å². The van der Waals surface area contributed by atoms with Crippen molar-refractivity contribution in [2.75, 3.05) is 11.5 Å². The Morgan fingerprint density at radius 2 is 1.80 bits per heavy atom. The lowest BCUT2D eigenvalue weighted by Crippen LogP contribution is -2.05. The number of benzene rings is 1. The number of nitrogen functional groups attached to an aromatic ring is 2. The van der Waals surface area contributed by atoms with E-state index in [1.807, 2.05) is 18.2 Å². The van der Waals surface area contributed by atoms with Crippen molar-refractivity contribution in [1.82, 2.24) is 24.7 Å². The van der Waals surface area contributed by atoms with E-state index in [9.17, 15) is 4.39 Å². The van der Waals surface area contributed by atoms with Gasteiger partial charge in [0.15, 0.2) is 5.82 Å². The number of anilines is 2. The molecule has 0 spiro atoms. The molecule has 7 nitrogen and oxygen atoms in total. The van der Waals surface area contributed by atoms with Gasteiger partial charge in [-0.25, -0.2) is 14.4 Å². The van der Waals surface area contributed by atoms with Crippen LogP contribution in [0.4, 0.5) is 16.0 Å². The van der Waals surface area contributed by atoms with Crippen LogP contribution in [0.1, 0.15) is 5.69 Å². The minimum Gasteiger partial charge on any atom is -0.384 e. The highest BCUT2D eigenvalue weighted by Crippen LogP contribution is 2.28. The summed E-state index contributed by atoms with van der Waals surface area (Å²) in [6, 6.07) is 11.8. The van der Waals surface area contributed by atoms with E-state index in [0.29, 0.717) is 23.1 Å². The van der Waals surface area contributed by atoms with Crippen LogP contribution in [-0.4, -0.2) is 24.7 Å². The van der Waals surface area contributed by atoms with Crippen molar-refractivity contribution in [3.63, 3.8) is 0 Å². The van der Waals surface area contributed by atoms with Gasteiger partial charge in [-0.05, 0) is 18.2 Å². The summed E-state index contributed by atoms with van der Waals surface area (Å²) < 4.78 is 16.0. The van der Waals surface area contributed by atoms with Crippen LogP contribution in [0.3, 0.4) is 0 Å². The molecule has 0 bridgehead atoms. The van der Waals surface area contributed by atoms with Crippen molar-refractivity contribution in [3.8, 4) is 11.5 Å².